The summed E-state index contributed by atoms with van der Waals surface area (Å²) in [4.78, 5) is 36.5. The fourth-order valence-electron chi connectivity index (χ4n) is 8.65. The maximum atomic E-state index is 12.9. The second kappa shape index (κ2) is 13.3. The molecule has 2 amide bonds. The summed E-state index contributed by atoms with van der Waals surface area (Å²) in [6.07, 6.45) is 9.84. The number of hydrogen-bond acceptors (Lipinski definition) is 10. The number of carbonyl (C=O) groups excluding carboxylic acids is 2. The molecule has 1 aliphatic heterocycles. The van der Waals surface area contributed by atoms with Gasteiger partial charge in [0.1, 0.15) is 22.1 Å². The van der Waals surface area contributed by atoms with E-state index in [2.05, 4.69) is 39.0 Å². The van der Waals surface area contributed by atoms with Crippen molar-refractivity contribution in [3.8, 4) is 11.7 Å². The summed E-state index contributed by atoms with van der Waals surface area (Å²) in [6.45, 7) is 11.3. The van der Waals surface area contributed by atoms with Crippen LogP contribution in [0.3, 0.4) is 0 Å². The first kappa shape index (κ1) is 37.7. The lowest BCUT2D eigenvalue weighted by Gasteiger charge is -2.42. The molecule has 2 spiro atoms. The summed E-state index contributed by atoms with van der Waals surface area (Å²) in [5.41, 5.74) is -2.53. The fraction of sp³-hybridized carbons (Fsp3) is 0.595. The molecule has 3 aliphatic carbocycles. The fourth-order valence-corrected chi connectivity index (χ4v) is 9.25. The van der Waals surface area contributed by atoms with E-state index < -0.39 is 16.5 Å². The van der Waals surface area contributed by atoms with Gasteiger partial charge in [-0.1, -0.05) is 6.07 Å². The number of anilines is 1. The third kappa shape index (κ3) is 7.42. The minimum absolute atomic E-state index is 0.0411. The van der Waals surface area contributed by atoms with Crippen LogP contribution >= 0.6 is 11.9 Å². The Morgan fingerprint density at radius 3 is 2.42 bits per heavy atom. The molecular weight excluding hydrogens is 687 g/mol. The smallest absolute Gasteiger partial charge is 0.410 e. The predicted octanol–water partition coefficient (Wildman–Crippen LogP) is 5.16. The minimum atomic E-state index is -2.32. The van der Waals surface area contributed by atoms with Gasteiger partial charge in [0.15, 0.2) is 13.7 Å². The third-order valence-corrected chi connectivity index (χ3v) is 12.1. The van der Waals surface area contributed by atoms with Crippen molar-refractivity contribution in [2.24, 2.45) is 22.7 Å². The molecule has 0 bridgehead atoms. The van der Waals surface area contributed by atoms with Crippen molar-refractivity contribution < 1.29 is 24.2 Å². The van der Waals surface area contributed by atoms with E-state index in [4.69, 9.17) is 33.0 Å². The van der Waals surface area contributed by atoms with Crippen molar-refractivity contribution in [1.29, 1.82) is 0 Å². The van der Waals surface area contributed by atoms with E-state index in [9.17, 15) is 14.7 Å². The molecule has 1 saturated heterocycles. The third-order valence-electron chi connectivity index (χ3n) is 11.4. The summed E-state index contributed by atoms with van der Waals surface area (Å²) >= 11 is 1.11. The van der Waals surface area contributed by atoms with Crippen LogP contribution in [0.15, 0.2) is 53.8 Å². The molecule has 2 unspecified atom stereocenters. The molecular formula is C37H46B3N7O5S. The number of carbonyl (C=O) groups is 2. The van der Waals surface area contributed by atoms with Crippen molar-refractivity contribution in [3.05, 3.63) is 54.4 Å². The standard InChI is InChI=1S/C37H46B3N7O5S/c1-32(2,3)52-31(49)46-22-23(20-33(46,4)5)8-7-18-41-25-9-6-10-28(43-25)53-45-29(48)24-11-12-26(42-21-24)47-19-13-27(44-47)51-37(40,50)36(38,39)30-34(14-15-34)35(30)16-17-35/h6,9-13,19,21,23,30,50H,7-8,14-18,20,22H2,1-5H3,(H,41,43)(H,45,48). The minimum Gasteiger partial charge on any atom is -0.455 e. The Morgan fingerprint density at radius 2 is 1.77 bits per heavy atom. The van der Waals surface area contributed by atoms with Gasteiger partial charge in [0.05, 0.1) is 21.3 Å². The number of likely N-dealkylation sites (tertiary alicyclic amines) is 1. The van der Waals surface area contributed by atoms with Crippen LogP contribution < -0.4 is 14.8 Å². The van der Waals surface area contributed by atoms with Crippen molar-refractivity contribution in [3.63, 3.8) is 0 Å². The number of amides is 2. The zero-order chi connectivity index (χ0) is 38.0. The van der Waals surface area contributed by atoms with Gasteiger partial charge in [0.25, 0.3) is 5.91 Å². The van der Waals surface area contributed by atoms with Gasteiger partial charge in [-0.15, -0.1) is 5.10 Å². The summed E-state index contributed by atoms with van der Waals surface area (Å²) in [5.74, 6) is 1.14. The number of aliphatic hydroxyl groups is 1. The number of ether oxygens (including phenoxy) is 2. The molecule has 4 heterocycles. The molecule has 4 fully saturated rings. The molecule has 12 nitrogen and oxygen atoms in total. The molecule has 3 aromatic rings. The van der Waals surface area contributed by atoms with Crippen LogP contribution in [0.2, 0.25) is 5.21 Å². The SMILES string of the molecule is [B]C(O)(Oc1ccn(-c2ccc(C(=O)NSc3cccc(NCCCC4CN(C(=O)OC(C)(C)C)C(C)(C)C4)n3)cn2)n1)C([B])([B])C1C2(CC2)C12CC2. The number of fused-ring (bicyclic) bond motifs is 1. The van der Waals surface area contributed by atoms with Crippen LogP contribution in [0.1, 0.15) is 89.9 Å². The average molecular weight is 733 g/mol. The Balaban J connectivity index is 0.855. The quantitative estimate of drug-likeness (QED) is 0.0933. The number of nitrogens with one attached hydrogen (secondary N) is 2. The van der Waals surface area contributed by atoms with Crippen molar-refractivity contribution in [2.45, 2.75) is 107 Å². The Kier molecular flexibility index (Phi) is 9.44. The summed E-state index contributed by atoms with van der Waals surface area (Å²) in [6, 6.07) is 10.4. The van der Waals surface area contributed by atoms with Gasteiger partial charge in [0, 0.05) is 49.0 Å². The highest BCUT2D eigenvalue weighted by Crippen LogP contribution is 2.96. The first-order chi connectivity index (χ1) is 24.9. The van der Waals surface area contributed by atoms with Crippen LogP contribution in [-0.4, -0.2) is 95.2 Å². The highest BCUT2D eigenvalue weighted by molar-refractivity contribution is 7.97. The molecule has 2 atom stereocenters. The van der Waals surface area contributed by atoms with Crippen molar-refractivity contribution in [1.82, 2.24) is 29.4 Å². The number of aromatic nitrogens is 4. The van der Waals surface area contributed by atoms with Crippen molar-refractivity contribution >= 4 is 53.3 Å². The van der Waals surface area contributed by atoms with E-state index in [1.807, 2.05) is 43.9 Å². The summed E-state index contributed by atoms with van der Waals surface area (Å²) < 4.78 is 15.6. The Labute approximate surface area is 319 Å². The molecule has 3 aromatic heterocycles. The largest absolute Gasteiger partial charge is 0.455 e. The van der Waals surface area contributed by atoms with Gasteiger partial charge in [-0.2, -0.15) is 0 Å². The Hall–Kier alpha value is -3.65. The Morgan fingerprint density at radius 1 is 1.06 bits per heavy atom. The molecule has 4 aliphatic rings. The zero-order valence-electron chi connectivity index (χ0n) is 31.1. The monoisotopic (exact) mass is 733 g/mol. The zero-order valence-corrected chi connectivity index (χ0v) is 31.9. The molecule has 0 aromatic carbocycles. The number of hydrogen-bond donors (Lipinski definition) is 3. The van der Waals surface area contributed by atoms with Crippen LogP contribution in [0.5, 0.6) is 5.88 Å². The summed E-state index contributed by atoms with van der Waals surface area (Å²) in [5, 5.41) is 17.8. The van der Waals surface area contributed by atoms with E-state index >= 15 is 0 Å². The molecule has 53 heavy (non-hydrogen) atoms. The topological polar surface area (TPSA) is 144 Å². The van der Waals surface area contributed by atoms with E-state index in [1.54, 1.807) is 18.3 Å². The van der Waals surface area contributed by atoms with Gasteiger partial charge in [-0.3, -0.25) is 9.52 Å². The summed E-state index contributed by atoms with van der Waals surface area (Å²) in [7, 11) is 19.1. The second-order valence-corrected chi connectivity index (χ2v) is 17.7. The Bertz CT molecular complexity index is 1840. The number of rotatable bonds is 13. The van der Waals surface area contributed by atoms with Crippen LogP contribution in [0.4, 0.5) is 10.6 Å². The van der Waals surface area contributed by atoms with Crippen LogP contribution in [0.25, 0.3) is 5.82 Å². The maximum Gasteiger partial charge on any atom is 0.410 e. The van der Waals surface area contributed by atoms with Crippen LogP contribution in [0, 0.1) is 22.7 Å². The lowest BCUT2D eigenvalue weighted by molar-refractivity contribution is -0.0868. The highest BCUT2D eigenvalue weighted by Gasteiger charge is 2.89. The number of nitrogens with zero attached hydrogens (tertiary/aromatic N) is 5. The van der Waals surface area contributed by atoms with Crippen LogP contribution in [-0.2, 0) is 4.74 Å². The van der Waals surface area contributed by atoms with Gasteiger partial charge in [-0.05, 0) is 132 Å². The predicted molar refractivity (Wildman–Crippen MR) is 204 cm³/mol. The van der Waals surface area contributed by atoms with Gasteiger partial charge >= 0.3 is 6.09 Å². The second-order valence-electron chi connectivity index (χ2n) is 16.9. The average Bonchev–Trinajstić information content (AvgIpc) is 4.04. The molecule has 3 saturated carbocycles. The maximum absolute atomic E-state index is 12.9. The molecule has 3 N–H and O–H groups in total. The molecule has 274 valence electrons. The molecule has 16 heteroatoms. The normalized spacial score (nSPS) is 21.9. The molecule has 7 rings (SSSR count). The van der Waals surface area contributed by atoms with Gasteiger partial charge in [-0.25, -0.2) is 19.4 Å². The number of pyridine rings is 2. The van der Waals surface area contributed by atoms with Gasteiger partial charge < -0.3 is 24.8 Å². The van der Waals surface area contributed by atoms with E-state index in [1.165, 1.54) is 16.9 Å². The molecule has 6 radical (unpaired) electrons. The first-order valence-electron chi connectivity index (χ1n) is 18.3. The van der Waals surface area contributed by atoms with Gasteiger partial charge in [0.2, 0.25) is 5.88 Å². The lowest BCUT2D eigenvalue weighted by atomic mass is 9.42. The highest BCUT2D eigenvalue weighted by atomic mass is 32.2. The van der Waals surface area contributed by atoms with Crippen molar-refractivity contribution in [2.75, 3.05) is 18.4 Å². The van der Waals surface area contributed by atoms with E-state index in [0.717, 1.165) is 63.4 Å². The van der Waals surface area contributed by atoms with E-state index in [-0.39, 0.29) is 40.2 Å². The van der Waals surface area contributed by atoms with E-state index in [0.29, 0.717) is 34.7 Å². The lowest BCUT2D eigenvalue weighted by Crippen LogP contribution is -2.51. The first-order valence-corrected chi connectivity index (χ1v) is 19.2.